The van der Waals surface area contributed by atoms with Gasteiger partial charge in [0.2, 0.25) is 10.0 Å². The summed E-state index contributed by atoms with van der Waals surface area (Å²) < 4.78 is 32.0. The molecule has 112 valence electrons. The van der Waals surface area contributed by atoms with Crippen LogP contribution in [0.15, 0.2) is 41.6 Å². The van der Waals surface area contributed by atoms with Crippen molar-refractivity contribution in [1.29, 1.82) is 0 Å². The summed E-state index contributed by atoms with van der Waals surface area (Å²) in [5.74, 6) is 0.765. The molecule has 1 aliphatic rings. The second kappa shape index (κ2) is 5.50. The van der Waals surface area contributed by atoms with Gasteiger partial charge in [0.25, 0.3) is 0 Å². The summed E-state index contributed by atoms with van der Waals surface area (Å²) in [6.07, 6.45) is 4.44. The molecule has 1 aromatic heterocycles. The largest absolute Gasteiger partial charge is 0.497 e. The van der Waals surface area contributed by atoms with E-state index >= 15 is 0 Å². The van der Waals surface area contributed by atoms with Crippen LogP contribution in [0.1, 0.15) is 24.4 Å². The first-order valence-electron chi connectivity index (χ1n) is 6.77. The Bertz CT molecular complexity index is 696. The molecule has 6 nitrogen and oxygen atoms in total. The second-order valence-corrected chi connectivity index (χ2v) is 6.87. The van der Waals surface area contributed by atoms with Gasteiger partial charge in [-0.3, -0.25) is 5.10 Å². The topological polar surface area (TPSA) is 75.3 Å². The third-order valence-corrected chi connectivity index (χ3v) is 5.66. The zero-order valence-corrected chi connectivity index (χ0v) is 12.5. The Hall–Kier alpha value is -1.86. The van der Waals surface area contributed by atoms with Gasteiger partial charge in [-0.25, -0.2) is 8.42 Å². The van der Waals surface area contributed by atoms with E-state index in [4.69, 9.17) is 4.74 Å². The lowest BCUT2D eigenvalue weighted by Gasteiger charge is -2.23. The van der Waals surface area contributed by atoms with E-state index in [9.17, 15) is 8.42 Å². The lowest BCUT2D eigenvalue weighted by atomic mass is 10.1. The molecule has 1 fully saturated rings. The third kappa shape index (κ3) is 2.54. The number of nitrogens with zero attached hydrogens (tertiary/aromatic N) is 2. The van der Waals surface area contributed by atoms with Crippen molar-refractivity contribution in [3.8, 4) is 5.75 Å². The van der Waals surface area contributed by atoms with Gasteiger partial charge in [-0.05, 0) is 30.5 Å². The number of methoxy groups -OCH3 is 1. The van der Waals surface area contributed by atoms with Crippen molar-refractivity contribution in [2.45, 2.75) is 23.8 Å². The molecule has 1 saturated heterocycles. The monoisotopic (exact) mass is 307 g/mol. The van der Waals surface area contributed by atoms with Crippen LogP contribution >= 0.6 is 0 Å². The molecule has 0 saturated carbocycles. The second-order valence-electron chi connectivity index (χ2n) is 4.98. The van der Waals surface area contributed by atoms with Gasteiger partial charge in [0.15, 0.2) is 0 Å². The quantitative estimate of drug-likeness (QED) is 0.936. The van der Waals surface area contributed by atoms with Gasteiger partial charge in [0.05, 0.1) is 19.3 Å². The zero-order chi connectivity index (χ0) is 14.9. The molecule has 3 rings (SSSR count). The number of H-pyrrole nitrogens is 1. The summed E-state index contributed by atoms with van der Waals surface area (Å²) in [6.45, 7) is 0.532. The average molecular weight is 307 g/mol. The van der Waals surface area contributed by atoms with E-state index in [-0.39, 0.29) is 10.9 Å². The van der Waals surface area contributed by atoms with Gasteiger partial charge < -0.3 is 4.74 Å². The van der Waals surface area contributed by atoms with Crippen LogP contribution in [0.25, 0.3) is 0 Å². The van der Waals surface area contributed by atoms with Gasteiger partial charge in [0, 0.05) is 12.7 Å². The molecule has 1 aromatic carbocycles. The third-order valence-electron chi connectivity index (χ3n) is 3.78. The highest BCUT2D eigenvalue weighted by molar-refractivity contribution is 7.89. The SMILES string of the molecule is COc1ccc(C2CCCN2S(=O)(=O)c2cn[nH]c2)cc1. The molecule has 0 amide bonds. The number of hydrogen-bond donors (Lipinski definition) is 1. The fourth-order valence-corrected chi connectivity index (χ4v) is 4.29. The summed E-state index contributed by atoms with van der Waals surface area (Å²) in [5, 5.41) is 6.29. The minimum atomic E-state index is -3.50. The summed E-state index contributed by atoms with van der Waals surface area (Å²) in [7, 11) is -1.89. The minimum Gasteiger partial charge on any atom is -0.497 e. The molecule has 21 heavy (non-hydrogen) atoms. The molecule has 0 radical (unpaired) electrons. The van der Waals surface area contributed by atoms with Gasteiger partial charge in [0.1, 0.15) is 10.6 Å². The minimum absolute atomic E-state index is 0.129. The first kappa shape index (κ1) is 14.1. The van der Waals surface area contributed by atoms with E-state index in [1.165, 1.54) is 12.4 Å². The Morgan fingerprint density at radius 3 is 2.71 bits per heavy atom. The van der Waals surface area contributed by atoms with E-state index in [2.05, 4.69) is 10.2 Å². The van der Waals surface area contributed by atoms with Crippen LogP contribution in [0.5, 0.6) is 5.75 Å². The molecule has 0 spiro atoms. The number of sulfonamides is 1. The van der Waals surface area contributed by atoms with Gasteiger partial charge in [-0.2, -0.15) is 9.40 Å². The predicted octanol–water partition coefficient (Wildman–Crippen LogP) is 1.94. The molecule has 1 unspecified atom stereocenters. The van der Waals surface area contributed by atoms with E-state index in [0.717, 1.165) is 24.2 Å². The fourth-order valence-electron chi connectivity index (χ4n) is 2.70. The first-order valence-corrected chi connectivity index (χ1v) is 8.21. The molecule has 1 N–H and O–H groups in total. The highest BCUT2D eigenvalue weighted by atomic mass is 32.2. The molecule has 0 aliphatic carbocycles. The van der Waals surface area contributed by atoms with Gasteiger partial charge in [-0.15, -0.1) is 0 Å². The number of hydrogen-bond acceptors (Lipinski definition) is 4. The fraction of sp³-hybridized carbons (Fsp3) is 0.357. The molecular formula is C14H17N3O3S. The Morgan fingerprint density at radius 1 is 1.33 bits per heavy atom. The molecular weight excluding hydrogens is 290 g/mol. The Labute approximate surface area is 123 Å². The van der Waals surface area contributed by atoms with E-state index < -0.39 is 10.0 Å². The van der Waals surface area contributed by atoms with Crippen LogP contribution in [-0.2, 0) is 10.0 Å². The average Bonchev–Trinajstić information content (AvgIpc) is 3.19. The summed E-state index contributed by atoms with van der Waals surface area (Å²) in [5.41, 5.74) is 0.986. The van der Waals surface area contributed by atoms with Crippen LogP contribution < -0.4 is 4.74 Å². The number of ether oxygens (including phenoxy) is 1. The summed E-state index contributed by atoms with van der Waals surface area (Å²) in [4.78, 5) is 0.211. The zero-order valence-electron chi connectivity index (χ0n) is 11.7. The standard InChI is InChI=1S/C14H17N3O3S/c1-20-12-6-4-11(5-7-12)14-3-2-8-17(14)21(18,19)13-9-15-16-10-13/h4-7,9-10,14H,2-3,8H2,1H3,(H,15,16). The molecule has 1 aliphatic heterocycles. The molecule has 0 bridgehead atoms. The van der Waals surface area contributed by atoms with Gasteiger partial charge in [-0.1, -0.05) is 12.1 Å². The van der Waals surface area contributed by atoms with Gasteiger partial charge >= 0.3 is 0 Å². The number of nitrogens with one attached hydrogen (secondary N) is 1. The van der Waals surface area contributed by atoms with Crippen molar-refractivity contribution in [2.75, 3.05) is 13.7 Å². The number of aromatic amines is 1. The van der Waals surface area contributed by atoms with Crippen LogP contribution in [0, 0.1) is 0 Å². The van der Waals surface area contributed by atoms with Crippen LogP contribution in [0.2, 0.25) is 0 Å². The Balaban J connectivity index is 1.92. The van der Waals surface area contributed by atoms with Crippen molar-refractivity contribution in [3.05, 3.63) is 42.2 Å². The highest BCUT2D eigenvalue weighted by Crippen LogP contribution is 2.36. The van der Waals surface area contributed by atoms with E-state index in [1.54, 1.807) is 11.4 Å². The Morgan fingerprint density at radius 2 is 2.10 bits per heavy atom. The maximum atomic E-state index is 12.6. The highest BCUT2D eigenvalue weighted by Gasteiger charge is 2.36. The van der Waals surface area contributed by atoms with Crippen molar-refractivity contribution >= 4 is 10.0 Å². The number of aromatic nitrogens is 2. The predicted molar refractivity (Wildman–Crippen MR) is 77.4 cm³/mol. The van der Waals surface area contributed by atoms with Crippen molar-refractivity contribution in [2.24, 2.45) is 0 Å². The molecule has 1 atom stereocenters. The van der Waals surface area contributed by atoms with E-state index in [0.29, 0.717) is 6.54 Å². The molecule has 2 heterocycles. The molecule has 2 aromatic rings. The lowest BCUT2D eigenvalue weighted by molar-refractivity contribution is 0.394. The van der Waals surface area contributed by atoms with Crippen molar-refractivity contribution < 1.29 is 13.2 Å². The van der Waals surface area contributed by atoms with Crippen LogP contribution in [-0.4, -0.2) is 36.6 Å². The van der Waals surface area contributed by atoms with Crippen molar-refractivity contribution in [1.82, 2.24) is 14.5 Å². The summed E-state index contributed by atoms with van der Waals surface area (Å²) in [6, 6.07) is 7.43. The lowest BCUT2D eigenvalue weighted by Crippen LogP contribution is -2.30. The number of rotatable bonds is 4. The Kier molecular flexibility index (Phi) is 3.69. The smallest absolute Gasteiger partial charge is 0.246 e. The van der Waals surface area contributed by atoms with Crippen molar-refractivity contribution in [3.63, 3.8) is 0 Å². The van der Waals surface area contributed by atoms with Crippen LogP contribution in [0.4, 0.5) is 0 Å². The molecule has 7 heteroatoms. The van der Waals surface area contributed by atoms with E-state index in [1.807, 2.05) is 24.3 Å². The maximum absolute atomic E-state index is 12.6. The summed E-state index contributed by atoms with van der Waals surface area (Å²) >= 11 is 0. The number of benzene rings is 1. The van der Waals surface area contributed by atoms with Crippen LogP contribution in [0.3, 0.4) is 0 Å². The first-order chi connectivity index (χ1) is 10.1. The maximum Gasteiger partial charge on any atom is 0.246 e. The normalized spacial score (nSPS) is 19.8.